The van der Waals surface area contributed by atoms with Crippen LogP contribution in [0, 0.1) is 0 Å². The second-order valence-corrected chi connectivity index (χ2v) is 3.97. The van der Waals surface area contributed by atoms with Crippen LogP contribution in [0.25, 0.3) is 0 Å². The smallest absolute Gasteiger partial charge is 0.374 e. The molecule has 1 heterocycles. The lowest BCUT2D eigenvalue weighted by molar-refractivity contribution is -0.297. The molecule has 22 heavy (non-hydrogen) atoms. The van der Waals surface area contributed by atoms with Crippen LogP contribution in [0.2, 0.25) is 0 Å². The standard InChI is InChI=1S/C10H6F7NO4/c11-7(12)9(14,15)10(16,17)8(13)18-3(5(19)20)1-2-4(18)6(21)22/h1-2,7-8H,(H,19,20)(H,21,22). The Morgan fingerprint density at radius 1 is 0.909 bits per heavy atom. The fourth-order valence-electron chi connectivity index (χ4n) is 1.51. The Morgan fingerprint density at radius 2 is 1.27 bits per heavy atom. The Kier molecular flexibility index (Phi) is 4.44. The maximum atomic E-state index is 13.7. The lowest BCUT2D eigenvalue weighted by atomic mass is 10.1. The molecule has 0 radical (unpaired) electrons. The molecule has 0 aliphatic carbocycles. The van der Waals surface area contributed by atoms with Gasteiger partial charge in [0.2, 0.25) is 6.30 Å². The summed E-state index contributed by atoms with van der Waals surface area (Å²) in [5.74, 6) is -16.4. The minimum Gasteiger partial charge on any atom is -0.477 e. The molecule has 12 heteroatoms. The van der Waals surface area contributed by atoms with Gasteiger partial charge in [-0.2, -0.15) is 17.6 Å². The Bertz CT molecular complexity index is 567. The second-order valence-electron chi connectivity index (χ2n) is 3.97. The maximum Gasteiger partial charge on any atom is 0.374 e. The van der Waals surface area contributed by atoms with E-state index >= 15 is 0 Å². The van der Waals surface area contributed by atoms with Crippen molar-refractivity contribution in [3.63, 3.8) is 0 Å². The van der Waals surface area contributed by atoms with Crippen molar-refractivity contribution in [3.05, 3.63) is 23.5 Å². The molecule has 1 rings (SSSR count). The number of carboxylic acids is 2. The summed E-state index contributed by atoms with van der Waals surface area (Å²) < 4.78 is 89.0. The van der Waals surface area contributed by atoms with Crippen LogP contribution in [0.1, 0.15) is 27.3 Å². The number of hydrogen-bond donors (Lipinski definition) is 2. The quantitative estimate of drug-likeness (QED) is 0.783. The van der Waals surface area contributed by atoms with Gasteiger partial charge in [-0.05, 0) is 12.1 Å². The lowest BCUT2D eigenvalue weighted by Gasteiger charge is -2.29. The predicted octanol–water partition coefficient (Wildman–Crippen LogP) is 2.89. The molecule has 5 nitrogen and oxygen atoms in total. The number of aromatic carboxylic acids is 2. The first-order valence-electron chi connectivity index (χ1n) is 5.21. The number of halogens is 7. The van der Waals surface area contributed by atoms with Crippen molar-refractivity contribution < 1.29 is 50.5 Å². The number of carboxylic acid groups (broad SMARTS) is 2. The highest BCUT2D eigenvalue weighted by molar-refractivity contribution is 5.91. The van der Waals surface area contributed by atoms with Gasteiger partial charge in [0.1, 0.15) is 11.4 Å². The Balaban J connectivity index is 3.51. The molecule has 0 aliphatic rings. The number of hydrogen-bond acceptors (Lipinski definition) is 2. The summed E-state index contributed by atoms with van der Waals surface area (Å²) in [7, 11) is 0. The SMILES string of the molecule is O=C(O)c1ccc(C(=O)O)n1C(F)C(F)(F)C(F)(F)C(F)F. The van der Waals surface area contributed by atoms with Gasteiger partial charge in [-0.25, -0.2) is 22.8 Å². The minimum atomic E-state index is -6.15. The van der Waals surface area contributed by atoms with Crippen LogP contribution < -0.4 is 0 Å². The molecule has 0 saturated heterocycles. The summed E-state index contributed by atoms with van der Waals surface area (Å²) in [6.07, 6.45) is -9.30. The molecular weight excluding hydrogens is 331 g/mol. The van der Waals surface area contributed by atoms with Gasteiger partial charge in [0.25, 0.3) is 0 Å². The van der Waals surface area contributed by atoms with Crippen molar-refractivity contribution in [2.45, 2.75) is 24.6 Å². The highest BCUT2D eigenvalue weighted by Crippen LogP contribution is 2.47. The van der Waals surface area contributed by atoms with Crippen LogP contribution >= 0.6 is 0 Å². The third kappa shape index (κ3) is 2.60. The van der Waals surface area contributed by atoms with E-state index in [4.69, 9.17) is 10.2 Å². The van der Waals surface area contributed by atoms with E-state index < -0.39 is 52.5 Å². The average molecular weight is 337 g/mol. The van der Waals surface area contributed by atoms with Gasteiger partial charge < -0.3 is 10.2 Å². The van der Waals surface area contributed by atoms with E-state index in [-0.39, 0.29) is 0 Å². The summed E-state index contributed by atoms with van der Waals surface area (Å²) in [6.45, 7) is 0. The van der Waals surface area contributed by atoms with Crippen LogP contribution in [0.15, 0.2) is 12.1 Å². The van der Waals surface area contributed by atoms with Gasteiger partial charge in [0.15, 0.2) is 0 Å². The number of aromatic nitrogens is 1. The van der Waals surface area contributed by atoms with Gasteiger partial charge in [-0.3, -0.25) is 4.57 Å². The highest BCUT2D eigenvalue weighted by atomic mass is 19.3. The first kappa shape index (κ1) is 17.8. The van der Waals surface area contributed by atoms with Gasteiger partial charge in [0.05, 0.1) is 0 Å². The molecule has 0 aromatic carbocycles. The molecule has 2 N–H and O–H groups in total. The van der Waals surface area contributed by atoms with Crippen LogP contribution in [-0.2, 0) is 0 Å². The summed E-state index contributed by atoms with van der Waals surface area (Å²) in [5.41, 5.74) is -2.84. The second kappa shape index (κ2) is 5.50. The van der Waals surface area contributed by atoms with Gasteiger partial charge >= 0.3 is 30.2 Å². The zero-order chi connectivity index (χ0) is 17.5. The number of alkyl halides is 7. The van der Waals surface area contributed by atoms with Crippen molar-refractivity contribution in [2.75, 3.05) is 0 Å². The number of nitrogens with zero attached hydrogens (tertiary/aromatic N) is 1. The maximum absolute atomic E-state index is 13.7. The van der Waals surface area contributed by atoms with E-state index in [1.54, 1.807) is 0 Å². The van der Waals surface area contributed by atoms with E-state index in [0.717, 1.165) is 0 Å². The topological polar surface area (TPSA) is 79.5 Å². The lowest BCUT2D eigenvalue weighted by Crippen LogP contribution is -2.51. The molecule has 0 saturated carbocycles. The van der Waals surface area contributed by atoms with Crippen molar-refractivity contribution in [3.8, 4) is 0 Å². The largest absolute Gasteiger partial charge is 0.477 e. The van der Waals surface area contributed by atoms with Crippen LogP contribution in [0.5, 0.6) is 0 Å². The Labute approximate surface area is 116 Å². The molecule has 1 aromatic rings. The summed E-state index contributed by atoms with van der Waals surface area (Å²) in [4.78, 5) is 21.4. The number of rotatable bonds is 6. The summed E-state index contributed by atoms with van der Waals surface area (Å²) in [6, 6.07) is 0.712. The van der Waals surface area contributed by atoms with Crippen molar-refractivity contribution in [2.24, 2.45) is 0 Å². The van der Waals surface area contributed by atoms with Crippen LogP contribution in [0.3, 0.4) is 0 Å². The molecular formula is C10H6F7NO4. The third-order valence-corrected chi connectivity index (χ3v) is 2.60. The van der Waals surface area contributed by atoms with E-state index in [2.05, 4.69) is 0 Å². The first-order chi connectivity index (χ1) is 9.85. The van der Waals surface area contributed by atoms with Gasteiger partial charge in [0, 0.05) is 0 Å². The third-order valence-electron chi connectivity index (χ3n) is 2.60. The molecule has 0 bridgehead atoms. The molecule has 1 atom stereocenters. The monoisotopic (exact) mass is 337 g/mol. The Hall–Kier alpha value is -2.27. The van der Waals surface area contributed by atoms with E-state index in [9.17, 15) is 40.3 Å². The minimum absolute atomic E-state index is 0.356. The van der Waals surface area contributed by atoms with Crippen molar-refractivity contribution in [1.29, 1.82) is 0 Å². The zero-order valence-electron chi connectivity index (χ0n) is 10.1. The molecule has 1 aromatic heterocycles. The van der Waals surface area contributed by atoms with E-state index in [1.807, 2.05) is 0 Å². The van der Waals surface area contributed by atoms with Crippen LogP contribution in [0.4, 0.5) is 30.7 Å². The highest BCUT2D eigenvalue weighted by Gasteiger charge is 2.68. The molecule has 0 amide bonds. The normalized spacial score (nSPS) is 14.2. The van der Waals surface area contributed by atoms with Crippen LogP contribution in [-0.4, -0.2) is 45.0 Å². The predicted molar refractivity (Wildman–Crippen MR) is 54.4 cm³/mol. The van der Waals surface area contributed by atoms with E-state index in [1.165, 1.54) is 0 Å². The van der Waals surface area contributed by atoms with E-state index in [0.29, 0.717) is 12.1 Å². The van der Waals surface area contributed by atoms with Gasteiger partial charge in [-0.1, -0.05) is 0 Å². The van der Waals surface area contributed by atoms with Crippen molar-refractivity contribution in [1.82, 2.24) is 4.57 Å². The summed E-state index contributed by atoms with van der Waals surface area (Å²) >= 11 is 0. The fourth-order valence-corrected chi connectivity index (χ4v) is 1.51. The molecule has 124 valence electrons. The zero-order valence-corrected chi connectivity index (χ0v) is 10.1. The fraction of sp³-hybridized carbons (Fsp3) is 0.400. The number of carbonyl (C=O) groups is 2. The van der Waals surface area contributed by atoms with Crippen molar-refractivity contribution >= 4 is 11.9 Å². The first-order valence-corrected chi connectivity index (χ1v) is 5.21. The average Bonchev–Trinajstić information content (AvgIpc) is 2.81. The summed E-state index contributed by atoms with van der Waals surface area (Å²) in [5, 5.41) is 17.3. The molecule has 1 unspecified atom stereocenters. The molecule has 0 fully saturated rings. The molecule has 0 aliphatic heterocycles. The Morgan fingerprint density at radius 3 is 1.55 bits per heavy atom. The van der Waals surface area contributed by atoms with Gasteiger partial charge in [-0.15, -0.1) is 0 Å². The molecule has 0 spiro atoms.